The van der Waals surface area contributed by atoms with Crippen molar-refractivity contribution in [3.05, 3.63) is 53.9 Å². The molecule has 3 rings (SSSR count). The quantitative estimate of drug-likeness (QED) is 0.889. The smallest absolute Gasteiger partial charge is 0.255 e. The van der Waals surface area contributed by atoms with Crippen molar-refractivity contribution in [3.8, 4) is 0 Å². The first-order valence-corrected chi connectivity index (χ1v) is 8.13. The van der Waals surface area contributed by atoms with Crippen LogP contribution in [0.15, 0.2) is 42.7 Å². The molecule has 0 aliphatic carbocycles. The van der Waals surface area contributed by atoms with E-state index in [1.807, 2.05) is 0 Å². The first kappa shape index (κ1) is 16.8. The topological polar surface area (TPSA) is 85.5 Å². The number of aromatic nitrogens is 1. The molecule has 1 aromatic carbocycles. The van der Waals surface area contributed by atoms with Crippen molar-refractivity contribution in [2.75, 3.05) is 31.5 Å². The van der Waals surface area contributed by atoms with Crippen LogP contribution in [0.5, 0.6) is 0 Å². The van der Waals surface area contributed by atoms with Gasteiger partial charge in [-0.25, -0.2) is 0 Å². The fraction of sp³-hybridized carbons (Fsp3) is 0.278. The zero-order chi connectivity index (χ0) is 17.8. The summed E-state index contributed by atoms with van der Waals surface area (Å²) in [6, 6.07) is 8.62. The zero-order valence-electron chi connectivity index (χ0n) is 14.0. The molecule has 2 aromatic rings. The van der Waals surface area contributed by atoms with Gasteiger partial charge in [-0.2, -0.15) is 0 Å². The van der Waals surface area contributed by atoms with Crippen molar-refractivity contribution in [3.63, 3.8) is 0 Å². The van der Waals surface area contributed by atoms with Crippen LogP contribution in [0, 0.1) is 0 Å². The largest absolute Gasteiger partial charge is 0.367 e. The lowest BCUT2D eigenvalue weighted by molar-refractivity contribution is -0.114. The summed E-state index contributed by atoms with van der Waals surface area (Å²) in [5, 5.41) is 2.68. The van der Waals surface area contributed by atoms with E-state index in [0.717, 1.165) is 0 Å². The summed E-state index contributed by atoms with van der Waals surface area (Å²) in [4.78, 5) is 42.5. The van der Waals surface area contributed by atoms with Crippen LogP contribution in [0.2, 0.25) is 0 Å². The molecule has 2 heterocycles. The Morgan fingerprint density at radius 1 is 0.960 bits per heavy atom. The van der Waals surface area contributed by atoms with Gasteiger partial charge in [0, 0.05) is 56.7 Å². The molecule has 0 atom stereocenters. The maximum atomic E-state index is 12.6. The van der Waals surface area contributed by atoms with Gasteiger partial charge in [0.1, 0.15) is 0 Å². The van der Waals surface area contributed by atoms with Crippen LogP contribution in [0.1, 0.15) is 27.6 Å². The predicted molar refractivity (Wildman–Crippen MR) is 93.3 cm³/mol. The van der Waals surface area contributed by atoms with Gasteiger partial charge in [-0.15, -0.1) is 0 Å². The molecule has 0 spiro atoms. The molecular formula is C18H20N4O3. The third kappa shape index (κ3) is 3.88. The van der Waals surface area contributed by atoms with Gasteiger partial charge in [0.2, 0.25) is 5.91 Å². The van der Waals surface area contributed by atoms with Gasteiger partial charge in [-0.3, -0.25) is 14.4 Å². The Balaban J connectivity index is 1.62. The lowest BCUT2D eigenvalue weighted by atomic mass is 10.1. The van der Waals surface area contributed by atoms with E-state index in [9.17, 15) is 14.4 Å². The highest BCUT2D eigenvalue weighted by atomic mass is 16.2. The maximum Gasteiger partial charge on any atom is 0.255 e. The van der Waals surface area contributed by atoms with Gasteiger partial charge in [-0.05, 0) is 24.3 Å². The molecule has 3 amide bonds. The summed E-state index contributed by atoms with van der Waals surface area (Å²) in [7, 11) is 0. The summed E-state index contributed by atoms with van der Waals surface area (Å²) in [6.45, 7) is 3.40. The van der Waals surface area contributed by atoms with E-state index in [0.29, 0.717) is 43.0 Å². The molecule has 1 aliphatic heterocycles. The Morgan fingerprint density at radius 2 is 1.60 bits per heavy atom. The van der Waals surface area contributed by atoms with Crippen LogP contribution < -0.4 is 5.32 Å². The number of rotatable bonds is 3. The van der Waals surface area contributed by atoms with Gasteiger partial charge in [0.25, 0.3) is 11.8 Å². The van der Waals surface area contributed by atoms with E-state index in [1.165, 1.54) is 6.92 Å². The van der Waals surface area contributed by atoms with Crippen molar-refractivity contribution in [2.45, 2.75) is 6.92 Å². The highest BCUT2D eigenvalue weighted by Crippen LogP contribution is 2.15. The van der Waals surface area contributed by atoms with Crippen LogP contribution in [-0.2, 0) is 4.79 Å². The highest BCUT2D eigenvalue weighted by Gasteiger charge is 2.25. The Kier molecular flexibility index (Phi) is 4.83. The van der Waals surface area contributed by atoms with Crippen molar-refractivity contribution >= 4 is 23.4 Å². The van der Waals surface area contributed by atoms with Gasteiger partial charge >= 0.3 is 0 Å². The van der Waals surface area contributed by atoms with Crippen LogP contribution in [-0.4, -0.2) is 58.7 Å². The first-order valence-electron chi connectivity index (χ1n) is 8.13. The molecule has 7 heteroatoms. The second-order valence-corrected chi connectivity index (χ2v) is 5.95. The minimum atomic E-state index is -0.179. The first-order chi connectivity index (χ1) is 12.0. The number of anilines is 1. The summed E-state index contributed by atoms with van der Waals surface area (Å²) in [5.74, 6) is -0.302. The van der Waals surface area contributed by atoms with E-state index < -0.39 is 0 Å². The molecule has 7 nitrogen and oxygen atoms in total. The third-order valence-electron chi connectivity index (χ3n) is 4.13. The zero-order valence-corrected chi connectivity index (χ0v) is 14.0. The van der Waals surface area contributed by atoms with Gasteiger partial charge in [0.05, 0.1) is 5.56 Å². The average Bonchev–Trinajstić information content (AvgIpc) is 3.15. The van der Waals surface area contributed by atoms with Crippen molar-refractivity contribution in [1.29, 1.82) is 0 Å². The molecule has 1 fully saturated rings. The number of benzene rings is 1. The van der Waals surface area contributed by atoms with E-state index in [2.05, 4.69) is 10.3 Å². The normalized spacial score (nSPS) is 14.3. The second kappa shape index (κ2) is 7.21. The van der Waals surface area contributed by atoms with E-state index in [1.54, 1.807) is 52.5 Å². The number of piperazine rings is 1. The lowest BCUT2D eigenvalue weighted by Crippen LogP contribution is -2.50. The van der Waals surface area contributed by atoms with Crippen LogP contribution in [0.4, 0.5) is 5.69 Å². The Morgan fingerprint density at radius 3 is 2.16 bits per heavy atom. The van der Waals surface area contributed by atoms with E-state index >= 15 is 0 Å². The molecule has 1 aromatic heterocycles. The Hall–Kier alpha value is -3.09. The molecular weight excluding hydrogens is 320 g/mol. The summed E-state index contributed by atoms with van der Waals surface area (Å²) >= 11 is 0. The lowest BCUT2D eigenvalue weighted by Gasteiger charge is -2.34. The van der Waals surface area contributed by atoms with Gasteiger partial charge < -0.3 is 20.1 Å². The molecule has 0 unspecified atom stereocenters. The molecule has 1 saturated heterocycles. The number of aromatic amines is 1. The van der Waals surface area contributed by atoms with Crippen LogP contribution >= 0.6 is 0 Å². The van der Waals surface area contributed by atoms with Crippen molar-refractivity contribution in [1.82, 2.24) is 14.8 Å². The monoisotopic (exact) mass is 340 g/mol. The fourth-order valence-electron chi connectivity index (χ4n) is 2.87. The van der Waals surface area contributed by atoms with E-state index in [-0.39, 0.29) is 17.7 Å². The number of amides is 3. The highest BCUT2D eigenvalue weighted by molar-refractivity contribution is 5.97. The Labute approximate surface area is 145 Å². The maximum absolute atomic E-state index is 12.6. The SMILES string of the molecule is CC(=O)Nc1cccc(C(=O)N2CCN(C(=O)c3cc[nH]c3)CC2)c1. The number of nitrogens with zero attached hydrogens (tertiary/aromatic N) is 2. The summed E-state index contributed by atoms with van der Waals surface area (Å²) in [6.07, 6.45) is 3.39. The van der Waals surface area contributed by atoms with Crippen molar-refractivity contribution in [2.24, 2.45) is 0 Å². The minimum Gasteiger partial charge on any atom is -0.367 e. The summed E-state index contributed by atoms with van der Waals surface area (Å²) < 4.78 is 0. The molecule has 0 bridgehead atoms. The minimum absolute atomic E-state index is 0.0268. The third-order valence-corrected chi connectivity index (χ3v) is 4.13. The molecule has 1 aliphatic rings. The van der Waals surface area contributed by atoms with Crippen molar-refractivity contribution < 1.29 is 14.4 Å². The number of H-pyrrole nitrogens is 1. The number of nitrogens with one attached hydrogen (secondary N) is 2. The second-order valence-electron chi connectivity index (χ2n) is 5.95. The number of carbonyl (C=O) groups is 3. The predicted octanol–water partition coefficient (Wildman–Crippen LogP) is 1.57. The average molecular weight is 340 g/mol. The standard InChI is InChI=1S/C18H20N4O3/c1-13(23)20-16-4-2-3-14(11-16)17(24)21-7-9-22(10-8-21)18(25)15-5-6-19-12-15/h2-6,11-12,19H,7-10H2,1H3,(H,20,23). The molecule has 0 saturated carbocycles. The van der Waals surface area contributed by atoms with Gasteiger partial charge in [-0.1, -0.05) is 6.07 Å². The van der Waals surface area contributed by atoms with Crippen LogP contribution in [0.3, 0.4) is 0 Å². The van der Waals surface area contributed by atoms with Crippen LogP contribution in [0.25, 0.3) is 0 Å². The number of carbonyl (C=O) groups excluding carboxylic acids is 3. The molecule has 2 N–H and O–H groups in total. The Bertz CT molecular complexity index is 777. The van der Waals surface area contributed by atoms with E-state index in [4.69, 9.17) is 0 Å². The molecule has 25 heavy (non-hydrogen) atoms. The molecule has 0 radical (unpaired) electrons. The number of hydrogen-bond donors (Lipinski definition) is 2. The number of hydrogen-bond acceptors (Lipinski definition) is 3. The molecule has 130 valence electrons. The summed E-state index contributed by atoms with van der Waals surface area (Å²) in [5.41, 5.74) is 1.75. The van der Waals surface area contributed by atoms with Gasteiger partial charge in [0.15, 0.2) is 0 Å². The fourth-order valence-corrected chi connectivity index (χ4v) is 2.87.